The molecule has 0 amide bonds. The van der Waals surface area contributed by atoms with Crippen LogP contribution >= 0.6 is 15.9 Å². The van der Waals surface area contributed by atoms with Gasteiger partial charge < -0.3 is 4.74 Å². The molecule has 3 nitrogen and oxygen atoms in total. The fraction of sp³-hybridized carbons (Fsp3) is 0.667. The summed E-state index contributed by atoms with van der Waals surface area (Å²) >= 11 is 3.53. The molecule has 1 unspecified atom stereocenters. The number of halogens is 1. The van der Waals surface area contributed by atoms with Crippen LogP contribution in [0.1, 0.15) is 18.2 Å². The van der Waals surface area contributed by atoms with Gasteiger partial charge in [0.15, 0.2) is 0 Å². The number of hydrogen-bond acceptors (Lipinski definition) is 2. The zero-order valence-electron chi connectivity index (χ0n) is 8.47. The lowest BCUT2D eigenvalue weighted by molar-refractivity contribution is 0.369. The third-order valence-electron chi connectivity index (χ3n) is 1.97. The summed E-state index contributed by atoms with van der Waals surface area (Å²) in [4.78, 5) is 0.448. The minimum Gasteiger partial charge on any atom is -0.481 e. The van der Waals surface area contributed by atoms with Crippen LogP contribution in [0.2, 0.25) is 0 Å². The highest BCUT2D eigenvalue weighted by Crippen LogP contribution is 2.23. The zero-order chi connectivity index (χ0) is 10.0. The molecule has 0 saturated carbocycles. The molecule has 4 heteroatoms. The summed E-state index contributed by atoms with van der Waals surface area (Å²) in [7, 11) is 3.58. The van der Waals surface area contributed by atoms with Gasteiger partial charge in [0, 0.05) is 17.4 Å². The number of hydrogen-bond donors (Lipinski definition) is 0. The van der Waals surface area contributed by atoms with Gasteiger partial charge in [-0.05, 0) is 13.3 Å². The van der Waals surface area contributed by atoms with E-state index in [1.165, 1.54) is 5.56 Å². The molecule has 74 valence electrons. The number of alkyl halides is 1. The maximum absolute atomic E-state index is 5.28. The lowest BCUT2D eigenvalue weighted by Crippen LogP contribution is -2.01. The number of methoxy groups -OCH3 is 1. The Hall–Kier alpha value is -0.510. The van der Waals surface area contributed by atoms with Crippen LogP contribution in [-0.2, 0) is 13.5 Å². The average molecular weight is 247 g/mol. The fourth-order valence-corrected chi connectivity index (χ4v) is 1.78. The molecule has 1 atom stereocenters. The quantitative estimate of drug-likeness (QED) is 0.764. The molecule has 13 heavy (non-hydrogen) atoms. The Labute approximate surface area is 87.2 Å². The van der Waals surface area contributed by atoms with Gasteiger partial charge in [0.25, 0.3) is 0 Å². The van der Waals surface area contributed by atoms with Gasteiger partial charge >= 0.3 is 0 Å². The van der Waals surface area contributed by atoms with Gasteiger partial charge in [0.1, 0.15) is 0 Å². The molecule has 0 aliphatic rings. The van der Waals surface area contributed by atoms with Crippen LogP contribution in [0.3, 0.4) is 0 Å². The number of ether oxygens (including phenoxy) is 1. The lowest BCUT2D eigenvalue weighted by Gasteiger charge is -2.05. The topological polar surface area (TPSA) is 27.1 Å². The molecule has 0 radical (unpaired) electrons. The van der Waals surface area contributed by atoms with Crippen LogP contribution in [0.25, 0.3) is 0 Å². The molecule has 0 N–H and O–H groups in total. The molecule has 0 fully saturated rings. The standard InChI is InChI=1S/C9H15BrN2O/c1-6(10)5-8-7(2)11-12(3)9(8)13-4/h6H,5H2,1-4H3. The second-order valence-corrected chi connectivity index (χ2v) is 4.74. The van der Waals surface area contributed by atoms with Crippen LogP contribution in [0.5, 0.6) is 5.88 Å². The Balaban J connectivity index is 3.02. The second-order valence-electron chi connectivity index (χ2n) is 3.18. The van der Waals surface area contributed by atoms with Gasteiger partial charge in [-0.2, -0.15) is 5.10 Å². The van der Waals surface area contributed by atoms with Crippen LogP contribution in [-0.4, -0.2) is 21.7 Å². The van der Waals surface area contributed by atoms with Gasteiger partial charge in [-0.3, -0.25) is 0 Å². The van der Waals surface area contributed by atoms with Crippen molar-refractivity contribution in [2.45, 2.75) is 25.1 Å². The largest absolute Gasteiger partial charge is 0.481 e. The molecule has 0 aromatic carbocycles. The highest BCUT2D eigenvalue weighted by molar-refractivity contribution is 9.09. The first-order valence-corrected chi connectivity index (χ1v) is 5.18. The molecule has 0 spiro atoms. The Morgan fingerprint density at radius 3 is 2.69 bits per heavy atom. The molecule has 1 aromatic rings. The Morgan fingerprint density at radius 2 is 2.23 bits per heavy atom. The molecule has 0 bridgehead atoms. The Morgan fingerprint density at radius 1 is 1.62 bits per heavy atom. The van der Waals surface area contributed by atoms with Crippen LogP contribution in [0, 0.1) is 6.92 Å². The third-order valence-corrected chi connectivity index (χ3v) is 2.29. The second kappa shape index (κ2) is 4.13. The smallest absolute Gasteiger partial charge is 0.214 e. The van der Waals surface area contributed by atoms with Crippen molar-refractivity contribution in [3.05, 3.63) is 11.3 Å². The molecule has 0 aliphatic heterocycles. The van der Waals surface area contributed by atoms with Crippen molar-refractivity contribution in [3.63, 3.8) is 0 Å². The zero-order valence-corrected chi connectivity index (χ0v) is 10.1. The molecule has 1 rings (SSSR count). The first-order valence-electron chi connectivity index (χ1n) is 4.26. The van der Waals surface area contributed by atoms with E-state index in [-0.39, 0.29) is 0 Å². The Bertz CT molecular complexity index is 294. The Kier molecular flexibility index (Phi) is 3.36. The summed E-state index contributed by atoms with van der Waals surface area (Å²) in [5, 5.41) is 4.31. The van der Waals surface area contributed by atoms with E-state index in [0.717, 1.165) is 18.0 Å². The first kappa shape index (κ1) is 10.6. The summed E-state index contributed by atoms with van der Waals surface area (Å²) < 4.78 is 7.06. The summed E-state index contributed by atoms with van der Waals surface area (Å²) in [6.45, 7) is 4.12. The van der Waals surface area contributed by atoms with Gasteiger partial charge in [-0.25, -0.2) is 4.68 Å². The van der Waals surface area contributed by atoms with E-state index in [2.05, 4.69) is 28.0 Å². The number of rotatable bonds is 3. The summed E-state index contributed by atoms with van der Waals surface area (Å²) in [5.41, 5.74) is 2.24. The normalized spacial score (nSPS) is 13.0. The molecule has 1 heterocycles. The van der Waals surface area contributed by atoms with Crippen molar-refractivity contribution in [2.75, 3.05) is 7.11 Å². The van der Waals surface area contributed by atoms with Gasteiger partial charge in [0.2, 0.25) is 5.88 Å². The lowest BCUT2D eigenvalue weighted by atomic mass is 10.1. The van der Waals surface area contributed by atoms with Crippen molar-refractivity contribution >= 4 is 15.9 Å². The van der Waals surface area contributed by atoms with Crippen molar-refractivity contribution in [3.8, 4) is 5.88 Å². The molecule has 1 aromatic heterocycles. The van der Waals surface area contributed by atoms with Gasteiger partial charge in [-0.15, -0.1) is 0 Å². The minimum atomic E-state index is 0.448. The number of aryl methyl sites for hydroxylation is 2. The predicted octanol–water partition coefficient (Wildman–Crippen LogP) is 2.06. The van der Waals surface area contributed by atoms with E-state index in [9.17, 15) is 0 Å². The van der Waals surface area contributed by atoms with Gasteiger partial charge in [-0.1, -0.05) is 22.9 Å². The molecule has 0 saturated heterocycles. The van der Waals surface area contributed by atoms with E-state index in [1.807, 2.05) is 14.0 Å². The predicted molar refractivity (Wildman–Crippen MR) is 56.6 cm³/mol. The monoisotopic (exact) mass is 246 g/mol. The third kappa shape index (κ3) is 2.24. The molecular formula is C9H15BrN2O. The van der Waals surface area contributed by atoms with E-state index < -0.39 is 0 Å². The van der Waals surface area contributed by atoms with Crippen molar-refractivity contribution in [1.82, 2.24) is 9.78 Å². The van der Waals surface area contributed by atoms with Crippen molar-refractivity contribution in [2.24, 2.45) is 7.05 Å². The van der Waals surface area contributed by atoms with Crippen LogP contribution < -0.4 is 4.74 Å². The number of nitrogens with zero attached hydrogens (tertiary/aromatic N) is 2. The van der Waals surface area contributed by atoms with E-state index in [4.69, 9.17) is 4.74 Å². The van der Waals surface area contributed by atoms with Crippen LogP contribution in [0.4, 0.5) is 0 Å². The maximum atomic E-state index is 5.28. The van der Waals surface area contributed by atoms with E-state index in [1.54, 1.807) is 11.8 Å². The maximum Gasteiger partial charge on any atom is 0.214 e. The first-order chi connectivity index (χ1) is 6.06. The van der Waals surface area contributed by atoms with Crippen LogP contribution in [0.15, 0.2) is 0 Å². The number of aromatic nitrogens is 2. The molecule has 0 aliphatic carbocycles. The minimum absolute atomic E-state index is 0.448. The summed E-state index contributed by atoms with van der Waals surface area (Å²) in [5.74, 6) is 0.865. The van der Waals surface area contributed by atoms with E-state index in [0.29, 0.717) is 4.83 Å². The summed E-state index contributed by atoms with van der Waals surface area (Å²) in [6.07, 6.45) is 0.947. The van der Waals surface area contributed by atoms with Crippen molar-refractivity contribution in [1.29, 1.82) is 0 Å². The van der Waals surface area contributed by atoms with Gasteiger partial charge in [0.05, 0.1) is 12.8 Å². The SMILES string of the molecule is COc1c(CC(C)Br)c(C)nn1C. The molecular weight excluding hydrogens is 232 g/mol. The average Bonchev–Trinajstić information content (AvgIpc) is 2.26. The summed E-state index contributed by atoms with van der Waals surface area (Å²) in [6, 6.07) is 0. The fourth-order valence-electron chi connectivity index (χ4n) is 1.45. The van der Waals surface area contributed by atoms with Crippen molar-refractivity contribution < 1.29 is 4.74 Å². The van der Waals surface area contributed by atoms with E-state index >= 15 is 0 Å². The highest BCUT2D eigenvalue weighted by Gasteiger charge is 2.14. The highest BCUT2D eigenvalue weighted by atomic mass is 79.9.